The summed E-state index contributed by atoms with van der Waals surface area (Å²) in [4.78, 5) is 13.8. The van der Waals surface area contributed by atoms with Crippen molar-refractivity contribution in [2.75, 3.05) is 38.2 Å². The first-order valence-electron chi connectivity index (χ1n) is 17.9. The minimum atomic E-state index is -0.666. The minimum Gasteiger partial charge on any atom is -0.497 e. The van der Waals surface area contributed by atoms with Crippen LogP contribution in [0, 0.1) is 0 Å². The van der Waals surface area contributed by atoms with Crippen molar-refractivity contribution >= 4 is 46.0 Å². The Balaban J connectivity index is 1.50. The number of methoxy groups -OCH3 is 4. The maximum atomic E-state index is 7.22. The van der Waals surface area contributed by atoms with E-state index >= 15 is 0 Å². The van der Waals surface area contributed by atoms with Gasteiger partial charge in [0.15, 0.2) is 12.0 Å². The zero-order valence-corrected chi connectivity index (χ0v) is 32.7. The molecule has 1 aromatic heterocycles. The number of nitrogens with one attached hydrogen (secondary N) is 1. The predicted molar refractivity (Wildman–Crippen MR) is 226 cm³/mol. The van der Waals surface area contributed by atoms with Gasteiger partial charge in [-0.1, -0.05) is 96.0 Å². The van der Waals surface area contributed by atoms with E-state index < -0.39 is 6.17 Å². The third-order valence-corrected chi connectivity index (χ3v) is 10.4. The van der Waals surface area contributed by atoms with Crippen molar-refractivity contribution in [3.63, 3.8) is 0 Å². The summed E-state index contributed by atoms with van der Waals surface area (Å²) in [6, 6.07) is 47.5. The molecule has 8 nitrogen and oxygen atoms in total. The molecule has 7 aromatic rings. The van der Waals surface area contributed by atoms with Crippen molar-refractivity contribution in [1.82, 2.24) is 9.97 Å². The van der Waals surface area contributed by atoms with Gasteiger partial charge in [-0.05, 0) is 72.8 Å². The van der Waals surface area contributed by atoms with Gasteiger partial charge in [-0.3, -0.25) is 0 Å². The number of hydrogen-bond donors (Lipinski definition) is 1. The van der Waals surface area contributed by atoms with Crippen molar-refractivity contribution in [2.45, 2.75) is 6.17 Å². The van der Waals surface area contributed by atoms with E-state index in [1.165, 1.54) is 0 Å². The van der Waals surface area contributed by atoms with E-state index in [2.05, 4.69) is 26.9 Å². The Morgan fingerprint density at radius 2 is 0.875 bits per heavy atom. The number of H-pyrrole nitrogens is 1. The summed E-state index contributed by atoms with van der Waals surface area (Å²) in [6.45, 7) is 0. The lowest BCUT2D eigenvalue weighted by Gasteiger charge is -2.34. The second-order valence-corrected chi connectivity index (χ2v) is 13.8. The average molecular weight is 782 g/mol. The Morgan fingerprint density at radius 1 is 0.482 bits per heavy atom. The second-order valence-electron chi connectivity index (χ2n) is 13.0. The van der Waals surface area contributed by atoms with Crippen LogP contribution in [0.4, 0.5) is 11.4 Å². The molecule has 0 bridgehead atoms. The average Bonchev–Trinajstić information content (AvgIpc) is 3.84. The molecule has 2 heterocycles. The van der Waals surface area contributed by atoms with Gasteiger partial charge in [-0.25, -0.2) is 4.98 Å². The first-order valence-corrected chi connectivity index (χ1v) is 18.7. The molecule has 56 heavy (non-hydrogen) atoms. The summed E-state index contributed by atoms with van der Waals surface area (Å²) in [5, 5.41) is 1.10. The number of aromatic nitrogens is 2. The van der Waals surface area contributed by atoms with E-state index in [9.17, 15) is 0 Å². The summed E-state index contributed by atoms with van der Waals surface area (Å²) in [5.41, 5.74) is 8.25. The smallest absolute Gasteiger partial charge is 0.170 e. The standard InChI is InChI=1S/C46H38Cl2N4O4/c1-53-33-17-9-13-29(25-33)41-42(30-14-10-18-34(26-30)54-2)50-45(49-41)46-51(39-23-7-5-21-37(39)47)43(31-15-11-19-35(27-31)55-3)44(32-16-12-20-36(28-32)56-4)52(46)40-24-8-6-22-38(40)48/h5-28,46H,1-4H3,(H,49,50). The molecule has 0 radical (unpaired) electrons. The van der Waals surface area contributed by atoms with Gasteiger partial charge in [0.05, 0.1) is 72.6 Å². The molecule has 10 heteroatoms. The van der Waals surface area contributed by atoms with Gasteiger partial charge in [-0.2, -0.15) is 0 Å². The van der Waals surface area contributed by atoms with E-state index in [0.29, 0.717) is 38.9 Å². The Morgan fingerprint density at radius 3 is 1.32 bits per heavy atom. The number of rotatable bonds is 11. The minimum absolute atomic E-state index is 0.552. The lowest BCUT2D eigenvalue weighted by Crippen LogP contribution is -2.34. The van der Waals surface area contributed by atoms with E-state index in [1.54, 1.807) is 28.4 Å². The molecule has 0 spiro atoms. The van der Waals surface area contributed by atoms with E-state index in [-0.39, 0.29) is 0 Å². The number of imidazole rings is 1. The monoisotopic (exact) mass is 780 g/mol. The van der Waals surface area contributed by atoms with Gasteiger partial charge in [0.2, 0.25) is 0 Å². The maximum absolute atomic E-state index is 7.22. The lowest BCUT2D eigenvalue weighted by atomic mass is 10.0. The highest BCUT2D eigenvalue weighted by molar-refractivity contribution is 6.34. The highest BCUT2D eigenvalue weighted by Crippen LogP contribution is 2.54. The number of ether oxygens (including phenoxy) is 4. The van der Waals surface area contributed by atoms with Crippen LogP contribution in [-0.2, 0) is 0 Å². The Hall–Kier alpha value is -6.35. The van der Waals surface area contributed by atoms with E-state index in [4.69, 9.17) is 47.1 Å². The lowest BCUT2D eigenvalue weighted by molar-refractivity contribution is 0.414. The van der Waals surface area contributed by atoms with Crippen LogP contribution in [0.25, 0.3) is 33.9 Å². The zero-order chi connectivity index (χ0) is 38.8. The quantitative estimate of drug-likeness (QED) is 0.140. The van der Waals surface area contributed by atoms with Crippen LogP contribution in [0.1, 0.15) is 23.1 Å². The number of anilines is 2. The molecule has 0 saturated carbocycles. The molecular weight excluding hydrogens is 743 g/mol. The van der Waals surface area contributed by atoms with Crippen LogP contribution in [0.2, 0.25) is 10.0 Å². The molecule has 8 rings (SSSR count). The Labute approximate surface area is 336 Å². The van der Waals surface area contributed by atoms with Crippen molar-refractivity contribution in [3.05, 3.63) is 173 Å². The van der Waals surface area contributed by atoms with Gasteiger partial charge in [0.25, 0.3) is 0 Å². The van der Waals surface area contributed by atoms with E-state index in [1.807, 2.05) is 133 Å². The van der Waals surface area contributed by atoms with Gasteiger partial charge in [-0.15, -0.1) is 0 Å². The molecule has 0 saturated heterocycles. The summed E-state index contributed by atoms with van der Waals surface area (Å²) in [6.07, 6.45) is -0.666. The van der Waals surface area contributed by atoms with Gasteiger partial charge in [0.1, 0.15) is 23.0 Å². The third kappa shape index (κ3) is 6.78. The molecule has 0 unspecified atom stereocenters. The summed E-state index contributed by atoms with van der Waals surface area (Å²) in [7, 11) is 6.65. The molecule has 1 aliphatic rings. The SMILES string of the molecule is COc1cccc(C2=C(c3cccc(OC)c3)N(c3ccccc3Cl)C(c3nc(-c4cccc(OC)c4)c(-c4cccc(OC)c4)[nH]3)N2c2ccccc2Cl)c1. The van der Waals surface area contributed by atoms with Gasteiger partial charge < -0.3 is 33.7 Å². The summed E-state index contributed by atoms with van der Waals surface area (Å²) < 4.78 is 22.9. The highest BCUT2D eigenvalue weighted by atomic mass is 35.5. The molecule has 280 valence electrons. The number of nitrogens with zero attached hydrogens (tertiary/aromatic N) is 3. The van der Waals surface area contributed by atoms with Crippen molar-refractivity contribution in [3.8, 4) is 45.5 Å². The molecule has 1 N–H and O–H groups in total. The van der Waals surface area contributed by atoms with Gasteiger partial charge in [0, 0.05) is 22.3 Å². The normalized spacial score (nSPS) is 13.0. The second kappa shape index (κ2) is 15.8. The van der Waals surface area contributed by atoms with Crippen LogP contribution in [0.15, 0.2) is 146 Å². The molecule has 0 aliphatic carbocycles. The number of para-hydroxylation sites is 2. The summed E-state index contributed by atoms with van der Waals surface area (Å²) >= 11 is 14.4. The number of benzene rings is 6. The molecule has 0 amide bonds. The molecule has 0 fully saturated rings. The molecule has 0 atom stereocenters. The fourth-order valence-corrected chi connectivity index (χ4v) is 7.66. The van der Waals surface area contributed by atoms with Gasteiger partial charge >= 0.3 is 0 Å². The Bertz CT molecular complexity index is 2400. The van der Waals surface area contributed by atoms with Crippen molar-refractivity contribution in [1.29, 1.82) is 0 Å². The topological polar surface area (TPSA) is 72.1 Å². The van der Waals surface area contributed by atoms with E-state index in [0.717, 1.165) is 56.4 Å². The summed E-state index contributed by atoms with van der Waals surface area (Å²) in [5.74, 6) is 3.45. The first kappa shape index (κ1) is 36.6. The van der Waals surface area contributed by atoms with Crippen LogP contribution in [0.3, 0.4) is 0 Å². The zero-order valence-electron chi connectivity index (χ0n) is 31.2. The van der Waals surface area contributed by atoms with Crippen molar-refractivity contribution in [2.24, 2.45) is 0 Å². The van der Waals surface area contributed by atoms with Crippen LogP contribution >= 0.6 is 23.2 Å². The predicted octanol–water partition coefficient (Wildman–Crippen LogP) is 11.6. The van der Waals surface area contributed by atoms with Crippen LogP contribution in [0.5, 0.6) is 23.0 Å². The molecular formula is C46H38Cl2N4O4. The Kier molecular flexibility index (Phi) is 10.3. The fraction of sp³-hybridized carbons (Fsp3) is 0.109. The third-order valence-electron chi connectivity index (χ3n) is 9.77. The fourth-order valence-electron chi connectivity index (χ4n) is 7.20. The largest absolute Gasteiger partial charge is 0.497 e. The number of halogens is 2. The van der Waals surface area contributed by atoms with Crippen LogP contribution in [-0.4, -0.2) is 38.4 Å². The van der Waals surface area contributed by atoms with Crippen molar-refractivity contribution < 1.29 is 18.9 Å². The number of aromatic amines is 1. The maximum Gasteiger partial charge on any atom is 0.170 e. The first-order chi connectivity index (χ1) is 27.4. The molecule has 1 aliphatic heterocycles. The van der Waals surface area contributed by atoms with Crippen LogP contribution < -0.4 is 28.7 Å². The highest BCUT2D eigenvalue weighted by Gasteiger charge is 2.45. The molecule has 6 aromatic carbocycles. The number of hydrogen-bond acceptors (Lipinski definition) is 7.